The van der Waals surface area contributed by atoms with Crippen LogP contribution in [0, 0.1) is 5.92 Å². The van der Waals surface area contributed by atoms with E-state index in [1.165, 1.54) is 11.3 Å². The van der Waals surface area contributed by atoms with Crippen LogP contribution in [0.1, 0.15) is 29.8 Å². The fourth-order valence-electron chi connectivity index (χ4n) is 3.42. The van der Waals surface area contributed by atoms with E-state index in [1.54, 1.807) is 16.3 Å². The average Bonchev–Trinajstić information content (AvgIpc) is 3.42. The molecule has 1 aliphatic carbocycles. The van der Waals surface area contributed by atoms with Crippen molar-refractivity contribution in [1.82, 2.24) is 20.1 Å². The molecule has 1 amide bonds. The molecule has 3 aromatic rings. The number of carbonyl (C=O) groups excluding carboxylic acids is 1. The minimum Gasteiger partial charge on any atom is -0.348 e. The van der Waals surface area contributed by atoms with Gasteiger partial charge in [-0.15, -0.1) is 23.7 Å². The summed E-state index contributed by atoms with van der Waals surface area (Å²) in [6.07, 6.45) is 6.90. The van der Waals surface area contributed by atoms with E-state index in [0.717, 1.165) is 35.5 Å². The van der Waals surface area contributed by atoms with Gasteiger partial charge in [0.15, 0.2) is 0 Å². The number of carbonyl (C=O) groups is 1. The number of nitrogens with zero attached hydrogens (tertiary/aromatic N) is 3. The first-order valence-corrected chi connectivity index (χ1v) is 9.69. The van der Waals surface area contributed by atoms with Gasteiger partial charge in [0.1, 0.15) is 10.7 Å². The fraction of sp³-hybridized carbons (Fsp3) is 0.316. The van der Waals surface area contributed by atoms with Crippen LogP contribution in [0.3, 0.4) is 0 Å². The third kappa shape index (κ3) is 4.21. The SMILES string of the molecule is Cl.NCC1CCCC1NC(=O)c1csc(-c2cnn(-c3ccccc3)c2)n1. The second-order valence-corrected chi connectivity index (χ2v) is 7.41. The standard InChI is InChI=1S/C19H21N5OS.ClH/c20-9-13-5-4-8-16(13)22-18(25)17-12-26-19(23-17)14-10-21-24(11-14)15-6-2-1-3-7-15;/h1-3,6-7,10-13,16H,4-5,8-9,20H2,(H,22,25);1H. The van der Waals surface area contributed by atoms with Crippen molar-refractivity contribution < 1.29 is 4.79 Å². The third-order valence-electron chi connectivity index (χ3n) is 4.87. The van der Waals surface area contributed by atoms with Crippen molar-refractivity contribution in [2.24, 2.45) is 11.7 Å². The largest absolute Gasteiger partial charge is 0.348 e. The number of nitrogens with two attached hydrogens (primary N) is 1. The lowest BCUT2D eigenvalue weighted by Gasteiger charge is -2.18. The lowest BCUT2D eigenvalue weighted by atomic mass is 10.0. The quantitative estimate of drug-likeness (QED) is 0.684. The number of hydrogen-bond acceptors (Lipinski definition) is 5. The van der Waals surface area contributed by atoms with E-state index in [9.17, 15) is 4.79 Å². The number of halogens is 1. The van der Waals surface area contributed by atoms with Gasteiger partial charge in [0.25, 0.3) is 5.91 Å². The van der Waals surface area contributed by atoms with Crippen molar-refractivity contribution in [3.8, 4) is 16.3 Å². The molecule has 1 saturated carbocycles. The molecule has 3 N–H and O–H groups in total. The predicted octanol–water partition coefficient (Wildman–Crippen LogP) is 3.27. The summed E-state index contributed by atoms with van der Waals surface area (Å²) in [5.74, 6) is 0.259. The van der Waals surface area contributed by atoms with Crippen molar-refractivity contribution in [2.75, 3.05) is 6.54 Å². The topological polar surface area (TPSA) is 85.8 Å². The highest BCUT2D eigenvalue weighted by Crippen LogP contribution is 2.26. The van der Waals surface area contributed by atoms with Crippen LogP contribution in [0.15, 0.2) is 48.1 Å². The van der Waals surface area contributed by atoms with Gasteiger partial charge in [-0.2, -0.15) is 5.10 Å². The smallest absolute Gasteiger partial charge is 0.271 e. The van der Waals surface area contributed by atoms with Crippen LogP contribution in [-0.2, 0) is 0 Å². The van der Waals surface area contributed by atoms with E-state index in [2.05, 4.69) is 15.4 Å². The molecular formula is C19H22ClN5OS. The monoisotopic (exact) mass is 403 g/mol. The normalized spacial score (nSPS) is 18.9. The highest BCUT2D eigenvalue weighted by Gasteiger charge is 2.28. The molecule has 2 heterocycles. The maximum absolute atomic E-state index is 12.5. The Morgan fingerprint density at radius 2 is 2.11 bits per heavy atom. The molecule has 0 aliphatic heterocycles. The zero-order valence-corrected chi connectivity index (χ0v) is 16.4. The van der Waals surface area contributed by atoms with Crippen molar-refractivity contribution in [3.05, 3.63) is 53.8 Å². The number of benzene rings is 1. The van der Waals surface area contributed by atoms with Crippen molar-refractivity contribution >= 4 is 29.7 Å². The molecule has 2 atom stereocenters. The van der Waals surface area contributed by atoms with Gasteiger partial charge in [-0.3, -0.25) is 4.79 Å². The van der Waals surface area contributed by atoms with E-state index >= 15 is 0 Å². The van der Waals surface area contributed by atoms with Crippen molar-refractivity contribution in [3.63, 3.8) is 0 Å². The highest BCUT2D eigenvalue weighted by molar-refractivity contribution is 7.13. The molecular weight excluding hydrogens is 382 g/mol. The van der Waals surface area contributed by atoms with Crippen LogP contribution >= 0.6 is 23.7 Å². The Labute approximate surface area is 168 Å². The summed E-state index contributed by atoms with van der Waals surface area (Å²) >= 11 is 1.45. The summed E-state index contributed by atoms with van der Waals surface area (Å²) < 4.78 is 1.81. The molecule has 2 aromatic heterocycles. The molecule has 1 fully saturated rings. The zero-order chi connectivity index (χ0) is 17.9. The van der Waals surface area contributed by atoms with Crippen LogP contribution in [0.2, 0.25) is 0 Å². The van der Waals surface area contributed by atoms with Crippen LogP contribution in [-0.4, -0.2) is 33.3 Å². The number of rotatable bonds is 5. The van der Waals surface area contributed by atoms with E-state index in [0.29, 0.717) is 18.2 Å². The second kappa shape index (κ2) is 8.65. The Morgan fingerprint density at radius 1 is 1.30 bits per heavy atom. The molecule has 2 unspecified atom stereocenters. The Kier molecular flexibility index (Phi) is 6.26. The van der Waals surface area contributed by atoms with Gasteiger partial charge in [-0.1, -0.05) is 24.6 Å². The predicted molar refractivity (Wildman–Crippen MR) is 110 cm³/mol. The Bertz CT molecular complexity index is 894. The Morgan fingerprint density at radius 3 is 2.89 bits per heavy atom. The Hall–Kier alpha value is -2.22. The molecule has 27 heavy (non-hydrogen) atoms. The lowest BCUT2D eigenvalue weighted by Crippen LogP contribution is -2.40. The van der Waals surface area contributed by atoms with Crippen molar-refractivity contribution in [2.45, 2.75) is 25.3 Å². The average molecular weight is 404 g/mol. The maximum Gasteiger partial charge on any atom is 0.271 e. The van der Waals surface area contributed by atoms with Crippen LogP contribution < -0.4 is 11.1 Å². The summed E-state index contributed by atoms with van der Waals surface area (Å²) in [6, 6.07) is 10.1. The summed E-state index contributed by atoms with van der Waals surface area (Å²) in [7, 11) is 0. The van der Waals surface area contributed by atoms with Gasteiger partial charge >= 0.3 is 0 Å². The van der Waals surface area contributed by atoms with Gasteiger partial charge in [0.05, 0.1) is 11.9 Å². The molecule has 0 saturated heterocycles. The minimum absolute atomic E-state index is 0. The van der Waals surface area contributed by atoms with Gasteiger partial charge in [0.2, 0.25) is 0 Å². The lowest BCUT2D eigenvalue weighted by molar-refractivity contribution is 0.0924. The van der Waals surface area contributed by atoms with Crippen LogP contribution in [0.5, 0.6) is 0 Å². The number of nitrogens with one attached hydrogen (secondary N) is 1. The summed E-state index contributed by atoms with van der Waals surface area (Å²) in [4.78, 5) is 17.0. The van der Waals surface area contributed by atoms with E-state index in [4.69, 9.17) is 5.73 Å². The zero-order valence-electron chi connectivity index (χ0n) is 14.7. The fourth-order valence-corrected chi connectivity index (χ4v) is 4.19. The molecule has 0 spiro atoms. The molecule has 142 valence electrons. The number of aromatic nitrogens is 3. The number of para-hydroxylation sites is 1. The molecule has 8 heteroatoms. The first-order chi connectivity index (χ1) is 12.7. The van der Waals surface area contributed by atoms with Crippen molar-refractivity contribution in [1.29, 1.82) is 0 Å². The van der Waals surface area contributed by atoms with Gasteiger partial charge in [-0.05, 0) is 37.4 Å². The van der Waals surface area contributed by atoms with E-state index in [-0.39, 0.29) is 24.4 Å². The molecule has 6 nitrogen and oxygen atoms in total. The summed E-state index contributed by atoms with van der Waals surface area (Å²) in [5.41, 5.74) is 8.14. The minimum atomic E-state index is -0.117. The maximum atomic E-state index is 12.5. The third-order valence-corrected chi connectivity index (χ3v) is 5.76. The van der Waals surface area contributed by atoms with Gasteiger partial charge in [0, 0.05) is 23.2 Å². The van der Waals surface area contributed by atoms with Crippen LogP contribution in [0.4, 0.5) is 0 Å². The molecule has 1 aromatic carbocycles. The van der Waals surface area contributed by atoms with Crippen LogP contribution in [0.25, 0.3) is 16.3 Å². The molecule has 0 bridgehead atoms. The van der Waals surface area contributed by atoms with E-state index in [1.807, 2.05) is 36.5 Å². The second-order valence-electron chi connectivity index (χ2n) is 6.55. The first kappa shape index (κ1) is 19.5. The summed E-state index contributed by atoms with van der Waals surface area (Å²) in [5, 5.41) is 10.1. The number of amides is 1. The highest BCUT2D eigenvalue weighted by atomic mass is 35.5. The van der Waals surface area contributed by atoms with E-state index < -0.39 is 0 Å². The summed E-state index contributed by atoms with van der Waals surface area (Å²) in [6.45, 7) is 0.617. The van der Waals surface area contributed by atoms with Gasteiger partial charge in [-0.25, -0.2) is 9.67 Å². The number of thiazole rings is 1. The first-order valence-electron chi connectivity index (χ1n) is 8.81. The molecule has 1 aliphatic rings. The molecule has 0 radical (unpaired) electrons. The molecule has 4 rings (SSSR count). The van der Waals surface area contributed by atoms with Gasteiger partial charge < -0.3 is 11.1 Å². The Balaban J connectivity index is 0.00000210. The number of hydrogen-bond donors (Lipinski definition) is 2.